The van der Waals surface area contributed by atoms with Crippen LogP contribution >= 0.6 is 15.9 Å². The van der Waals surface area contributed by atoms with Crippen LogP contribution in [0.5, 0.6) is 0 Å². The van der Waals surface area contributed by atoms with Gasteiger partial charge in [-0.15, -0.1) is 0 Å². The van der Waals surface area contributed by atoms with Gasteiger partial charge in [-0.05, 0) is 37.1 Å². The quantitative estimate of drug-likeness (QED) is 0.742. The summed E-state index contributed by atoms with van der Waals surface area (Å²) in [6.07, 6.45) is 4.18. The van der Waals surface area contributed by atoms with Crippen LogP contribution in [0.4, 0.5) is 10.5 Å². The van der Waals surface area contributed by atoms with E-state index in [1.54, 1.807) is 9.80 Å². The van der Waals surface area contributed by atoms with Crippen molar-refractivity contribution in [1.82, 2.24) is 19.2 Å². The Morgan fingerprint density at radius 3 is 2.37 bits per heavy atom. The van der Waals surface area contributed by atoms with E-state index in [-0.39, 0.29) is 25.0 Å². The SMILES string of the molecule is O=C(Cn1c(=O)nc2n1C(=O)N(c1ccc(Br)cc1)C2)N1CCCCCC1. The zero-order valence-corrected chi connectivity index (χ0v) is 16.4. The normalized spacial score (nSPS) is 17.1. The van der Waals surface area contributed by atoms with Gasteiger partial charge in [-0.2, -0.15) is 9.67 Å². The van der Waals surface area contributed by atoms with Crippen molar-refractivity contribution in [3.63, 3.8) is 0 Å². The van der Waals surface area contributed by atoms with Gasteiger partial charge in [-0.25, -0.2) is 14.3 Å². The van der Waals surface area contributed by atoms with Gasteiger partial charge in [0.25, 0.3) is 0 Å². The Morgan fingerprint density at radius 1 is 1.04 bits per heavy atom. The number of rotatable bonds is 3. The van der Waals surface area contributed by atoms with Crippen LogP contribution in [-0.2, 0) is 17.9 Å². The lowest BCUT2D eigenvalue weighted by Gasteiger charge is -2.21. The Hall–Kier alpha value is -2.42. The lowest BCUT2D eigenvalue weighted by Crippen LogP contribution is -2.40. The topological polar surface area (TPSA) is 80.4 Å². The van der Waals surface area contributed by atoms with Crippen molar-refractivity contribution >= 4 is 33.6 Å². The predicted octanol–water partition coefficient (Wildman–Crippen LogP) is 2.20. The molecule has 4 rings (SSSR count). The summed E-state index contributed by atoms with van der Waals surface area (Å²) in [4.78, 5) is 45.1. The van der Waals surface area contributed by atoms with Crippen molar-refractivity contribution in [2.75, 3.05) is 18.0 Å². The highest BCUT2D eigenvalue weighted by Crippen LogP contribution is 2.24. The van der Waals surface area contributed by atoms with Crippen molar-refractivity contribution in [2.24, 2.45) is 0 Å². The van der Waals surface area contributed by atoms with Gasteiger partial charge in [0.05, 0.1) is 6.54 Å². The first-order valence-electron chi connectivity index (χ1n) is 9.08. The first-order valence-corrected chi connectivity index (χ1v) is 9.88. The molecule has 1 saturated heterocycles. The number of benzene rings is 1. The first kappa shape index (κ1) is 18.0. The van der Waals surface area contributed by atoms with Crippen molar-refractivity contribution in [3.05, 3.63) is 45.0 Å². The molecule has 2 amide bonds. The minimum Gasteiger partial charge on any atom is -0.341 e. The molecule has 142 valence electrons. The molecule has 1 aromatic carbocycles. The molecular formula is C18H20BrN5O3. The maximum Gasteiger partial charge on any atom is 0.365 e. The Balaban J connectivity index is 1.57. The van der Waals surface area contributed by atoms with Crippen molar-refractivity contribution in [2.45, 2.75) is 38.8 Å². The van der Waals surface area contributed by atoms with Crippen molar-refractivity contribution < 1.29 is 9.59 Å². The molecule has 0 spiro atoms. The number of carbonyl (C=O) groups excluding carboxylic acids is 2. The smallest absolute Gasteiger partial charge is 0.341 e. The summed E-state index contributed by atoms with van der Waals surface area (Å²) >= 11 is 3.37. The van der Waals surface area contributed by atoms with Gasteiger partial charge < -0.3 is 4.90 Å². The van der Waals surface area contributed by atoms with Crippen LogP contribution in [0.15, 0.2) is 33.5 Å². The highest BCUT2D eigenvalue weighted by Gasteiger charge is 2.34. The lowest BCUT2D eigenvalue weighted by molar-refractivity contribution is -0.132. The third-order valence-corrected chi connectivity index (χ3v) is 5.55. The number of amides is 2. The highest BCUT2D eigenvalue weighted by molar-refractivity contribution is 9.10. The van der Waals surface area contributed by atoms with Gasteiger partial charge in [-0.3, -0.25) is 9.69 Å². The van der Waals surface area contributed by atoms with Gasteiger partial charge in [0.1, 0.15) is 6.54 Å². The van der Waals surface area contributed by atoms with E-state index in [0.717, 1.165) is 34.8 Å². The number of carbonyl (C=O) groups is 2. The summed E-state index contributed by atoms with van der Waals surface area (Å²) < 4.78 is 3.31. The molecule has 0 aliphatic carbocycles. The zero-order chi connectivity index (χ0) is 19.0. The molecule has 2 aliphatic rings. The summed E-state index contributed by atoms with van der Waals surface area (Å²) in [5.74, 6) is 0.216. The molecule has 2 aliphatic heterocycles. The van der Waals surface area contributed by atoms with Crippen LogP contribution in [0.2, 0.25) is 0 Å². The maximum atomic E-state index is 12.9. The van der Waals surface area contributed by atoms with E-state index in [4.69, 9.17) is 0 Å². The van der Waals surface area contributed by atoms with Gasteiger partial charge in [0, 0.05) is 23.2 Å². The second-order valence-electron chi connectivity index (χ2n) is 6.82. The van der Waals surface area contributed by atoms with E-state index < -0.39 is 5.69 Å². The number of aromatic nitrogens is 3. The minimum atomic E-state index is -0.558. The number of anilines is 1. The molecule has 2 aromatic rings. The number of likely N-dealkylation sites (tertiary alicyclic amines) is 1. The molecule has 27 heavy (non-hydrogen) atoms. The second kappa shape index (κ2) is 7.30. The van der Waals surface area contributed by atoms with Crippen LogP contribution < -0.4 is 10.6 Å². The molecule has 9 heteroatoms. The Morgan fingerprint density at radius 2 is 1.70 bits per heavy atom. The molecule has 8 nitrogen and oxygen atoms in total. The Kier molecular flexibility index (Phi) is 4.86. The van der Waals surface area contributed by atoms with Crippen LogP contribution in [0.1, 0.15) is 31.5 Å². The molecule has 0 N–H and O–H groups in total. The van der Waals surface area contributed by atoms with Gasteiger partial charge in [-0.1, -0.05) is 28.8 Å². The molecular weight excluding hydrogens is 414 g/mol. The summed E-state index contributed by atoms with van der Waals surface area (Å²) in [6.45, 7) is 1.45. The van der Waals surface area contributed by atoms with E-state index in [2.05, 4.69) is 20.9 Å². The maximum absolute atomic E-state index is 12.9. The monoisotopic (exact) mass is 433 g/mol. The third-order valence-electron chi connectivity index (χ3n) is 5.03. The van der Waals surface area contributed by atoms with E-state index in [0.29, 0.717) is 24.6 Å². The summed E-state index contributed by atoms with van der Waals surface area (Å²) in [7, 11) is 0. The van der Waals surface area contributed by atoms with Crippen LogP contribution in [0.3, 0.4) is 0 Å². The van der Waals surface area contributed by atoms with Crippen molar-refractivity contribution in [3.8, 4) is 0 Å². The van der Waals surface area contributed by atoms with Gasteiger partial charge in [0.2, 0.25) is 5.91 Å². The standard InChI is InChI=1S/C18H20BrN5O3/c19-13-5-7-14(8-6-13)22-11-15-20-17(26)23(24(15)18(22)27)12-16(25)21-9-3-1-2-4-10-21/h5-8H,1-4,9-12H2. The number of hydrogen-bond acceptors (Lipinski definition) is 4. The third kappa shape index (κ3) is 3.43. The fraction of sp³-hybridized carbons (Fsp3) is 0.444. The number of hydrogen-bond donors (Lipinski definition) is 0. The molecule has 3 heterocycles. The fourth-order valence-corrected chi connectivity index (χ4v) is 3.85. The molecule has 0 atom stereocenters. The molecule has 0 saturated carbocycles. The first-order chi connectivity index (χ1) is 13.0. The molecule has 1 fully saturated rings. The predicted molar refractivity (Wildman–Crippen MR) is 103 cm³/mol. The second-order valence-corrected chi connectivity index (χ2v) is 7.74. The van der Waals surface area contributed by atoms with Crippen LogP contribution in [0, 0.1) is 0 Å². The van der Waals surface area contributed by atoms with Crippen molar-refractivity contribution in [1.29, 1.82) is 0 Å². The van der Waals surface area contributed by atoms with Crippen LogP contribution in [0.25, 0.3) is 0 Å². The van der Waals surface area contributed by atoms with E-state index >= 15 is 0 Å². The Bertz CT molecular complexity index is 925. The fourth-order valence-electron chi connectivity index (χ4n) is 3.59. The van der Waals surface area contributed by atoms with Crippen LogP contribution in [-0.4, -0.2) is 44.3 Å². The number of nitrogens with zero attached hydrogens (tertiary/aromatic N) is 5. The van der Waals surface area contributed by atoms with Gasteiger partial charge >= 0.3 is 11.7 Å². The molecule has 0 unspecified atom stereocenters. The van der Waals surface area contributed by atoms with E-state index in [1.807, 2.05) is 24.3 Å². The lowest BCUT2D eigenvalue weighted by atomic mass is 10.2. The zero-order valence-electron chi connectivity index (χ0n) is 14.8. The number of fused-ring (bicyclic) bond motifs is 1. The minimum absolute atomic E-state index is 0.142. The summed E-state index contributed by atoms with van der Waals surface area (Å²) in [5, 5.41) is 0. The van der Waals surface area contributed by atoms with E-state index in [1.165, 1.54) is 4.68 Å². The highest BCUT2D eigenvalue weighted by atomic mass is 79.9. The average Bonchev–Trinajstić information content (AvgIpc) is 2.98. The Labute approximate surface area is 164 Å². The summed E-state index contributed by atoms with van der Waals surface area (Å²) in [5.41, 5.74) is 0.156. The summed E-state index contributed by atoms with van der Waals surface area (Å²) in [6, 6.07) is 6.96. The molecule has 1 aromatic heterocycles. The average molecular weight is 434 g/mol. The largest absolute Gasteiger partial charge is 0.365 e. The molecule has 0 radical (unpaired) electrons. The number of halogens is 1. The van der Waals surface area contributed by atoms with E-state index in [9.17, 15) is 14.4 Å². The van der Waals surface area contributed by atoms with Gasteiger partial charge in [0.15, 0.2) is 5.82 Å². The molecule has 0 bridgehead atoms.